The van der Waals surface area contributed by atoms with Crippen molar-refractivity contribution < 1.29 is 4.79 Å². The molecule has 3 heteroatoms. The summed E-state index contributed by atoms with van der Waals surface area (Å²) in [6.07, 6.45) is 0. The van der Waals surface area contributed by atoms with Gasteiger partial charge in [-0.15, -0.1) is 0 Å². The second kappa shape index (κ2) is 3.95. The van der Waals surface area contributed by atoms with Crippen LogP contribution in [0.25, 0.3) is 11.1 Å². The van der Waals surface area contributed by atoms with Gasteiger partial charge >= 0.3 is 0 Å². The molecule has 2 atom stereocenters. The van der Waals surface area contributed by atoms with Crippen LogP contribution in [-0.2, 0) is 0 Å². The Balaban J connectivity index is 1.57. The average Bonchev–Trinajstić information content (AvgIpc) is 2.96. The molecule has 2 saturated heterocycles. The molecule has 2 unspecified atom stereocenters. The van der Waals surface area contributed by atoms with Crippen molar-refractivity contribution in [3.05, 3.63) is 53.6 Å². The Hall–Kier alpha value is -2.13. The van der Waals surface area contributed by atoms with Crippen LogP contribution in [-0.4, -0.2) is 31.5 Å². The van der Waals surface area contributed by atoms with Gasteiger partial charge in [-0.25, -0.2) is 0 Å². The minimum absolute atomic E-state index is 0.169. The monoisotopic (exact) mass is 276 g/mol. The Labute approximate surface area is 123 Å². The standard InChI is InChI=1S/C18H16N2O/c21-18-15-4-2-1-3-13(15)14-6-5-12(7-16(14)18)20-9-11-8-19-17(11)10-20/h1-7,11,17,19H,8-10H2. The molecule has 3 aliphatic rings. The van der Waals surface area contributed by atoms with E-state index in [1.165, 1.54) is 5.69 Å². The van der Waals surface area contributed by atoms with E-state index in [0.29, 0.717) is 6.04 Å². The number of anilines is 1. The normalized spacial score (nSPS) is 25.3. The zero-order valence-corrected chi connectivity index (χ0v) is 11.7. The van der Waals surface area contributed by atoms with Crippen molar-refractivity contribution >= 4 is 11.5 Å². The van der Waals surface area contributed by atoms with Crippen LogP contribution in [0, 0.1) is 5.92 Å². The first-order valence-electron chi connectivity index (χ1n) is 7.58. The van der Waals surface area contributed by atoms with E-state index in [1.807, 2.05) is 24.3 Å². The van der Waals surface area contributed by atoms with Crippen molar-refractivity contribution in [2.45, 2.75) is 6.04 Å². The van der Waals surface area contributed by atoms with Crippen molar-refractivity contribution in [1.29, 1.82) is 0 Å². The second-order valence-electron chi connectivity index (χ2n) is 6.28. The molecule has 2 aromatic rings. The Morgan fingerprint density at radius 2 is 1.76 bits per heavy atom. The van der Waals surface area contributed by atoms with Crippen molar-refractivity contribution in [2.24, 2.45) is 5.92 Å². The molecular weight excluding hydrogens is 260 g/mol. The number of fused-ring (bicyclic) bond motifs is 4. The third-order valence-electron chi connectivity index (χ3n) is 5.16. The lowest BCUT2D eigenvalue weighted by Crippen LogP contribution is -2.51. The lowest BCUT2D eigenvalue weighted by molar-refractivity contribution is 0.104. The molecule has 21 heavy (non-hydrogen) atoms. The van der Waals surface area contributed by atoms with Gasteiger partial charge in [0.15, 0.2) is 5.78 Å². The molecule has 0 saturated carbocycles. The van der Waals surface area contributed by atoms with E-state index in [0.717, 1.165) is 47.8 Å². The van der Waals surface area contributed by atoms with Gasteiger partial charge in [-0.3, -0.25) is 4.79 Å². The summed E-state index contributed by atoms with van der Waals surface area (Å²) in [4.78, 5) is 15.0. The molecule has 0 amide bonds. The number of nitrogens with zero attached hydrogens (tertiary/aromatic N) is 1. The number of hydrogen-bond donors (Lipinski definition) is 1. The number of hydrogen-bond acceptors (Lipinski definition) is 3. The molecule has 1 aliphatic carbocycles. The number of rotatable bonds is 1. The molecule has 0 aromatic heterocycles. The van der Waals surface area contributed by atoms with Crippen LogP contribution in [0.1, 0.15) is 15.9 Å². The fourth-order valence-electron chi connectivity index (χ4n) is 3.88. The van der Waals surface area contributed by atoms with Crippen LogP contribution in [0.3, 0.4) is 0 Å². The largest absolute Gasteiger partial charge is 0.370 e. The van der Waals surface area contributed by atoms with Gasteiger partial charge < -0.3 is 10.2 Å². The van der Waals surface area contributed by atoms with Crippen LogP contribution in [0.5, 0.6) is 0 Å². The van der Waals surface area contributed by atoms with Gasteiger partial charge in [0, 0.05) is 48.4 Å². The van der Waals surface area contributed by atoms with Gasteiger partial charge in [-0.05, 0) is 23.3 Å². The minimum Gasteiger partial charge on any atom is -0.370 e. The van der Waals surface area contributed by atoms with Crippen LogP contribution < -0.4 is 10.2 Å². The molecule has 0 spiro atoms. The molecule has 3 nitrogen and oxygen atoms in total. The third kappa shape index (κ3) is 1.49. The maximum atomic E-state index is 12.6. The fraction of sp³-hybridized carbons (Fsp3) is 0.278. The summed E-state index contributed by atoms with van der Waals surface area (Å²) in [5, 5.41) is 3.47. The molecule has 2 aromatic carbocycles. The van der Waals surface area contributed by atoms with E-state index in [2.05, 4.69) is 28.4 Å². The summed E-state index contributed by atoms with van der Waals surface area (Å²) in [5.41, 5.74) is 5.05. The van der Waals surface area contributed by atoms with E-state index >= 15 is 0 Å². The predicted octanol–water partition coefficient (Wildman–Crippen LogP) is 2.31. The SMILES string of the molecule is O=C1c2ccccc2-c2ccc(N3CC4CNC4C3)cc21. The van der Waals surface area contributed by atoms with Crippen molar-refractivity contribution in [2.75, 3.05) is 24.5 Å². The summed E-state index contributed by atoms with van der Waals surface area (Å²) >= 11 is 0. The van der Waals surface area contributed by atoms with Gasteiger partial charge in [0.25, 0.3) is 0 Å². The number of carbonyl (C=O) groups excluding carboxylic acids is 1. The predicted molar refractivity (Wildman–Crippen MR) is 82.8 cm³/mol. The van der Waals surface area contributed by atoms with Crippen LogP contribution >= 0.6 is 0 Å². The van der Waals surface area contributed by atoms with Gasteiger partial charge in [0.2, 0.25) is 0 Å². The summed E-state index contributed by atoms with van der Waals surface area (Å²) in [7, 11) is 0. The van der Waals surface area contributed by atoms with Crippen LogP contribution in [0.2, 0.25) is 0 Å². The zero-order valence-electron chi connectivity index (χ0n) is 11.7. The van der Waals surface area contributed by atoms with Crippen LogP contribution in [0.15, 0.2) is 42.5 Å². The first-order valence-corrected chi connectivity index (χ1v) is 7.58. The van der Waals surface area contributed by atoms with Crippen LogP contribution in [0.4, 0.5) is 5.69 Å². The van der Waals surface area contributed by atoms with Gasteiger partial charge in [-0.2, -0.15) is 0 Å². The van der Waals surface area contributed by atoms with Gasteiger partial charge in [0.1, 0.15) is 0 Å². The third-order valence-corrected chi connectivity index (χ3v) is 5.16. The summed E-state index contributed by atoms with van der Waals surface area (Å²) in [5.74, 6) is 0.953. The molecule has 2 fully saturated rings. The molecule has 0 radical (unpaired) electrons. The summed E-state index contributed by atoms with van der Waals surface area (Å²) < 4.78 is 0. The second-order valence-corrected chi connectivity index (χ2v) is 6.28. The van der Waals surface area contributed by atoms with Crippen molar-refractivity contribution in [3.8, 4) is 11.1 Å². The molecule has 0 bridgehead atoms. The molecule has 104 valence electrons. The smallest absolute Gasteiger partial charge is 0.194 e. The first-order chi connectivity index (χ1) is 10.3. The van der Waals surface area contributed by atoms with E-state index in [-0.39, 0.29) is 5.78 Å². The highest BCUT2D eigenvalue weighted by Gasteiger charge is 2.39. The maximum Gasteiger partial charge on any atom is 0.194 e. The fourth-order valence-corrected chi connectivity index (χ4v) is 3.88. The Kier molecular flexibility index (Phi) is 2.17. The lowest BCUT2D eigenvalue weighted by atomic mass is 9.96. The van der Waals surface area contributed by atoms with Crippen molar-refractivity contribution in [1.82, 2.24) is 5.32 Å². The average molecular weight is 276 g/mol. The van der Waals surface area contributed by atoms with E-state index < -0.39 is 0 Å². The Bertz CT molecular complexity index is 756. The first kappa shape index (κ1) is 11.5. The highest BCUT2D eigenvalue weighted by Crippen LogP contribution is 2.39. The number of benzene rings is 2. The highest BCUT2D eigenvalue weighted by molar-refractivity contribution is 6.22. The topological polar surface area (TPSA) is 32.3 Å². The lowest BCUT2D eigenvalue weighted by Gasteiger charge is -2.29. The van der Waals surface area contributed by atoms with Crippen molar-refractivity contribution in [3.63, 3.8) is 0 Å². The molecule has 2 aliphatic heterocycles. The number of ketones is 1. The van der Waals surface area contributed by atoms with E-state index in [4.69, 9.17) is 0 Å². The summed E-state index contributed by atoms with van der Waals surface area (Å²) in [6, 6.07) is 14.9. The quantitative estimate of drug-likeness (QED) is 0.740. The molecule has 1 N–H and O–H groups in total. The Morgan fingerprint density at radius 3 is 2.48 bits per heavy atom. The van der Waals surface area contributed by atoms with E-state index in [1.54, 1.807) is 0 Å². The number of carbonyl (C=O) groups is 1. The molecular formula is C18H16N2O. The highest BCUT2D eigenvalue weighted by atomic mass is 16.1. The Morgan fingerprint density at radius 1 is 0.952 bits per heavy atom. The molecule has 2 heterocycles. The maximum absolute atomic E-state index is 12.6. The summed E-state index contributed by atoms with van der Waals surface area (Å²) in [6.45, 7) is 3.30. The minimum atomic E-state index is 0.169. The van der Waals surface area contributed by atoms with E-state index in [9.17, 15) is 4.79 Å². The molecule has 5 rings (SSSR count). The number of nitrogens with one attached hydrogen (secondary N) is 1. The zero-order chi connectivity index (χ0) is 14.0. The van der Waals surface area contributed by atoms with Gasteiger partial charge in [0.05, 0.1) is 0 Å². The van der Waals surface area contributed by atoms with Gasteiger partial charge in [-0.1, -0.05) is 30.3 Å².